The van der Waals surface area contributed by atoms with Crippen LogP contribution >= 0.6 is 0 Å². The van der Waals surface area contributed by atoms with E-state index < -0.39 is 5.60 Å². The molecule has 0 spiro atoms. The summed E-state index contributed by atoms with van der Waals surface area (Å²) in [5, 5.41) is 11.3. The predicted molar refractivity (Wildman–Crippen MR) is 95.9 cm³/mol. The largest absolute Gasteiger partial charge is 0.465 e. The molecule has 130 valence electrons. The molecule has 0 bridgehead atoms. The van der Waals surface area contributed by atoms with Crippen LogP contribution < -0.4 is 4.74 Å². The Balaban J connectivity index is 1.75. The highest BCUT2D eigenvalue weighted by Gasteiger charge is 2.37. The fraction of sp³-hybridized carbons (Fsp3) is 0.524. The molecule has 0 saturated carbocycles. The molecule has 1 unspecified atom stereocenters. The third kappa shape index (κ3) is 3.57. The predicted octanol–water partition coefficient (Wildman–Crippen LogP) is 4.71. The van der Waals surface area contributed by atoms with E-state index in [1.54, 1.807) is 0 Å². The molecule has 0 aromatic heterocycles. The van der Waals surface area contributed by atoms with Crippen LogP contribution in [0.25, 0.3) is 0 Å². The molecule has 1 aromatic carbocycles. The molecule has 3 atom stereocenters. The van der Waals surface area contributed by atoms with Crippen LogP contribution in [0.4, 0.5) is 0 Å². The first-order valence-corrected chi connectivity index (χ1v) is 8.93. The highest BCUT2D eigenvalue weighted by molar-refractivity contribution is 5.38. The minimum Gasteiger partial charge on any atom is -0.465 e. The van der Waals surface area contributed by atoms with E-state index in [1.807, 2.05) is 38.1 Å². The normalized spacial score (nSPS) is 30.5. The zero-order chi connectivity index (χ0) is 17.2. The third-order valence-electron chi connectivity index (χ3n) is 5.34. The monoisotopic (exact) mass is 328 g/mol. The fourth-order valence-electron chi connectivity index (χ4n) is 3.57. The fourth-order valence-corrected chi connectivity index (χ4v) is 3.57. The van der Waals surface area contributed by atoms with Crippen molar-refractivity contribution in [2.75, 3.05) is 6.61 Å². The minimum absolute atomic E-state index is 0.142. The summed E-state index contributed by atoms with van der Waals surface area (Å²) < 4.78 is 11.5. The first kappa shape index (κ1) is 17.2. The van der Waals surface area contributed by atoms with Gasteiger partial charge in [0, 0.05) is 6.42 Å². The molecule has 0 radical (unpaired) electrons. The van der Waals surface area contributed by atoms with E-state index in [0.717, 1.165) is 54.7 Å². The first-order chi connectivity index (χ1) is 11.5. The van der Waals surface area contributed by atoms with Crippen LogP contribution in [0.15, 0.2) is 48.1 Å². The van der Waals surface area contributed by atoms with Gasteiger partial charge in [0.25, 0.3) is 0 Å². The molecule has 1 aliphatic carbocycles. The topological polar surface area (TPSA) is 38.7 Å². The maximum absolute atomic E-state index is 11.3. The van der Waals surface area contributed by atoms with Crippen LogP contribution in [-0.4, -0.2) is 18.0 Å². The Morgan fingerprint density at radius 3 is 2.67 bits per heavy atom. The lowest BCUT2D eigenvalue weighted by Crippen LogP contribution is -2.33. The van der Waals surface area contributed by atoms with E-state index in [4.69, 9.17) is 9.47 Å². The Bertz CT molecular complexity index is 610. The molecular formula is C21H28O3. The van der Waals surface area contributed by atoms with Gasteiger partial charge in [-0.1, -0.05) is 30.4 Å². The van der Waals surface area contributed by atoms with Gasteiger partial charge >= 0.3 is 0 Å². The number of allylic oxidation sites excluding steroid dienone is 2. The molecule has 1 saturated heterocycles. The summed E-state index contributed by atoms with van der Waals surface area (Å²) in [5.41, 5.74) is 2.15. The van der Waals surface area contributed by atoms with Crippen LogP contribution in [0.2, 0.25) is 0 Å². The van der Waals surface area contributed by atoms with Crippen molar-refractivity contribution in [2.24, 2.45) is 5.92 Å². The van der Waals surface area contributed by atoms with Crippen molar-refractivity contribution in [1.29, 1.82) is 0 Å². The zero-order valence-corrected chi connectivity index (χ0v) is 14.8. The van der Waals surface area contributed by atoms with Gasteiger partial charge in [-0.15, -0.1) is 0 Å². The van der Waals surface area contributed by atoms with Gasteiger partial charge in [-0.3, -0.25) is 0 Å². The summed E-state index contributed by atoms with van der Waals surface area (Å²) in [6.07, 6.45) is 6.85. The van der Waals surface area contributed by atoms with E-state index in [2.05, 4.69) is 12.7 Å². The smallest absolute Gasteiger partial charge is 0.199 e. The summed E-state index contributed by atoms with van der Waals surface area (Å²) in [4.78, 5) is 0. The van der Waals surface area contributed by atoms with E-state index >= 15 is 0 Å². The number of ether oxygens (including phenoxy) is 2. The Kier molecular flexibility index (Phi) is 5.12. The summed E-state index contributed by atoms with van der Waals surface area (Å²) in [6.45, 7) is 8.89. The molecule has 1 aliphatic heterocycles. The van der Waals surface area contributed by atoms with Crippen LogP contribution in [0.5, 0.6) is 5.75 Å². The molecule has 1 heterocycles. The van der Waals surface area contributed by atoms with Crippen molar-refractivity contribution in [2.45, 2.75) is 57.8 Å². The molecule has 24 heavy (non-hydrogen) atoms. The van der Waals surface area contributed by atoms with Gasteiger partial charge < -0.3 is 14.6 Å². The van der Waals surface area contributed by atoms with Gasteiger partial charge in [0.05, 0.1) is 6.61 Å². The van der Waals surface area contributed by atoms with Gasteiger partial charge in [-0.2, -0.15) is 0 Å². The van der Waals surface area contributed by atoms with Crippen molar-refractivity contribution in [3.05, 3.63) is 53.6 Å². The lowest BCUT2D eigenvalue weighted by atomic mass is 9.72. The van der Waals surface area contributed by atoms with Crippen LogP contribution in [0.3, 0.4) is 0 Å². The number of aliphatic hydroxyl groups is 1. The Morgan fingerprint density at radius 2 is 2.04 bits per heavy atom. The molecule has 2 aliphatic rings. The van der Waals surface area contributed by atoms with Gasteiger partial charge in [-0.25, -0.2) is 0 Å². The Labute approximate surface area is 145 Å². The van der Waals surface area contributed by atoms with E-state index in [1.165, 1.54) is 0 Å². The quantitative estimate of drug-likeness (QED) is 0.813. The summed E-state index contributed by atoms with van der Waals surface area (Å²) >= 11 is 0. The van der Waals surface area contributed by atoms with E-state index in [0.29, 0.717) is 12.3 Å². The molecule has 3 heteroatoms. The van der Waals surface area contributed by atoms with Crippen LogP contribution in [0, 0.1) is 5.92 Å². The summed E-state index contributed by atoms with van der Waals surface area (Å²) in [6, 6.07) is 7.80. The molecule has 0 amide bonds. The van der Waals surface area contributed by atoms with Crippen molar-refractivity contribution < 1.29 is 14.6 Å². The second-order valence-electron chi connectivity index (χ2n) is 7.17. The van der Waals surface area contributed by atoms with E-state index in [9.17, 15) is 5.11 Å². The molecule has 3 rings (SSSR count). The molecule has 1 fully saturated rings. The molecule has 1 aromatic rings. The Hall–Kier alpha value is -1.58. The molecule has 1 N–H and O–H groups in total. The van der Waals surface area contributed by atoms with Gasteiger partial charge in [0.15, 0.2) is 6.29 Å². The van der Waals surface area contributed by atoms with Crippen molar-refractivity contribution >= 4 is 0 Å². The van der Waals surface area contributed by atoms with Crippen molar-refractivity contribution in [3.8, 4) is 5.75 Å². The van der Waals surface area contributed by atoms with Gasteiger partial charge in [0.2, 0.25) is 0 Å². The number of hydrogen-bond acceptors (Lipinski definition) is 3. The van der Waals surface area contributed by atoms with Gasteiger partial charge in [0.1, 0.15) is 11.4 Å². The SMILES string of the molecule is C=C(C)[C@H]1CC=C(C)[C@@](O)(c2ccc(OC3CCCCO3)cc2)C1. The van der Waals surface area contributed by atoms with Gasteiger partial charge in [-0.05, 0) is 68.7 Å². The number of benzene rings is 1. The van der Waals surface area contributed by atoms with Crippen LogP contribution in [0.1, 0.15) is 51.5 Å². The number of rotatable bonds is 4. The lowest BCUT2D eigenvalue weighted by molar-refractivity contribution is -0.105. The average Bonchev–Trinajstić information content (AvgIpc) is 2.59. The van der Waals surface area contributed by atoms with Crippen molar-refractivity contribution in [3.63, 3.8) is 0 Å². The highest BCUT2D eigenvalue weighted by Crippen LogP contribution is 2.42. The average molecular weight is 328 g/mol. The lowest BCUT2D eigenvalue weighted by Gasteiger charge is -2.37. The summed E-state index contributed by atoms with van der Waals surface area (Å²) in [5.74, 6) is 1.12. The van der Waals surface area contributed by atoms with E-state index in [-0.39, 0.29) is 6.29 Å². The molecular weight excluding hydrogens is 300 g/mol. The highest BCUT2D eigenvalue weighted by atomic mass is 16.7. The van der Waals surface area contributed by atoms with Crippen molar-refractivity contribution in [1.82, 2.24) is 0 Å². The maximum atomic E-state index is 11.3. The zero-order valence-electron chi connectivity index (χ0n) is 14.8. The molecule has 3 nitrogen and oxygen atoms in total. The Morgan fingerprint density at radius 1 is 1.29 bits per heavy atom. The number of hydrogen-bond donors (Lipinski definition) is 1. The summed E-state index contributed by atoms with van der Waals surface area (Å²) in [7, 11) is 0. The second kappa shape index (κ2) is 7.12. The standard InChI is InChI=1S/C21H28O3/c1-15(2)17-8-7-16(3)21(22,14-17)18-9-11-19(12-10-18)24-20-6-4-5-13-23-20/h7,9-12,17,20,22H,1,4-6,8,13-14H2,2-3H3/t17-,20?,21+/m0/s1. The third-order valence-corrected chi connectivity index (χ3v) is 5.34. The minimum atomic E-state index is -0.915. The van der Waals surface area contributed by atoms with Crippen LogP contribution in [-0.2, 0) is 10.3 Å². The second-order valence-corrected chi connectivity index (χ2v) is 7.17. The maximum Gasteiger partial charge on any atom is 0.199 e. The first-order valence-electron chi connectivity index (χ1n) is 8.93.